The van der Waals surface area contributed by atoms with Gasteiger partial charge in [-0.05, 0) is 132 Å². The molecular formula is C55H45N. The Kier molecular flexibility index (Phi) is 7.06. The van der Waals surface area contributed by atoms with Crippen LogP contribution in [-0.4, -0.2) is 0 Å². The fourth-order valence-electron chi connectivity index (χ4n) is 10.6. The van der Waals surface area contributed by atoms with Crippen LogP contribution in [0.5, 0.6) is 0 Å². The van der Waals surface area contributed by atoms with E-state index in [1.54, 1.807) is 0 Å². The van der Waals surface area contributed by atoms with Crippen LogP contribution in [0.3, 0.4) is 0 Å². The van der Waals surface area contributed by atoms with Crippen LogP contribution >= 0.6 is 0 Å². The van der Waals surface area contributed by atoms with E-state index in [9.17, 15) is 0 Å². The number of fused-ring (bicyclic) bond motifs is 12. The molecule has 0 aromatic heterocycles. The summed E-state index contributed by atoms with van der Waals surface area (Å²) in [7, 11) is 0. The normalized spacial score (nSPS) is 16.1. The van der Waals surface area contributed by atoms with Crippen molar-refractivity contribution in [3.8, 4) is 33.4 Å². The summed E-state index contributed by atoms with van der Waals surface area (Å²) in [6.07, 6.45) is 2.43. The molecular weight excluding hydrogens is 675 g/mol. The monoisotopic (exact) mass is 719 g/mol. The van der Waals surface area contributed by atoms with E-state index in [4.69, 9.17) is 0 Å². The van der Waals surface area contributed by atoms with Crippen molar-refractivity contribution >= 4 is 27.8 Å². The number of rotatable bonds is 4. The summed E-state index contributed by atoms with van der Waals surface area (Å²) in [5, 5.41) is 2.64. The van der Waals surface area contributed by atoms with E-state index in [2.05, 4.69) is 209 Å². The summed E-state index contributed by atoms with van der Waals surface area (Å²) < 4.78 is 0. The number of hydrogen-bond donors (Lipinski definition) is 0. The molecule has 0 heterocycles. The van der Waals surface area contributed by atoms with Crippen LogP contribution in [0.15, 0.2) is 176 Å². The zero-order valence-electron chi connectivity index (χ0n) is 32.6. The highest BCUT2D eigenvalue weighted by molar-refractivity contribution is 6.01. The molecule has 1 heteroatoms. The van der Waals surface area contributed by atoms with Crippen molar-refractivity contribution in [1.29, 1.82) is 0 Å². The minimum absolute atomic E-state index is 0.168. The molecule has 0 aliphatic heterocycles. The maximum absolute atomic E-state index is 2.50. The smallest absolute Gasteiger partial charge is 0.0726 e. The van der Waals surface area contributed by atoms with Crippen molar-refractivity contribution in [3.05, 3.63) is 209 Å². The molecule has 0 amide bonds. The van der Waals surface area contributed by atoms with E-state index in [0.717, 1.165) is 11.4 Å². The number of nitrogens with zero attached hydrogens (tertiary/aromatic N) is 1. The Bertz CT molecular complexity index is 2830. The van der Waals surface area contributed by atoms with E-state index < -0.39 is 5.41 Å². The van der Waals surface area contributed by atoms with E-state index in [-0.39, 0.29) is 10.8 Å². The van der Waals surface area contributed by atoms with Crippen molar-refractivity contribution in [2.24, 2.45) is 0 Å². The zero-order valence-corrected chi connectivity index (χ0v) is 32.6. The molecule has 3 aliphatic rings. The summed E-state index contributed by atoms with van der Waals surface area (Å²) in [4.78, 5) is 2.48. The molecule has 1 spiro atoms. The minimum atomic E-state index is -0.395. The van der Waals surface area contributed by atoms with Crippen molar-refractivity contribution in [1.82, 2.24) is 0 Å². The lowest BCUT2D eigenvalue weighted by Crippen LogP contribution is -2.33. The first-order chi connectivity index (χ1) is 27.3. The third-order valence-corrected chi connectivity index (χ3v) is 13.5. The number of para-hydroxylation sites is 1. The average molecular weight is 720 g/mol. The van der Waals surface area contributed by atoms with Crippen molar-refractivity contribution in [3.63, 3.8) is 0 Å². The fraction of sp³-hybridized carbons (Fsp3) is 0.164. The highest BCUT2D eigenvalue weighted by Gasteiger charge is 2.52. The molecule has 8 aromatic carbocycles. The van der Waals surface area contributed by atoms with E-state index >= 15 is 0 Å². The van der Waals surface area contributed by atoms with Gasteiger partial charge in [-0.1, -0.05) is 167 Å². The molecule has 0 saturated heterocycles. The van der Waals surface area contributed by atoms with Crippen LogP contribution in [0.25, 0.3) is 44.2 Å². The Hall–Kier alpha value is -6.18. The minimum Gasteiger partial charge on any atom is -0.310 e. The Balaban J connectivity index is 1.11. The third kappa shape index (κ3) is 4.61. The van der Waals surface area contributed by atoms with Gasteiger partial charge in [0.1, 0.15) is 0 Å². The maximum Gasteiger partial charge on any atom is 0.0726 e. The average Bonchev–Trinajstić information content (AvgIpc) is 3.71. The van der Waals surface area contributed by atoms with Gasteiger partial charge in [0.25, 0.3) is 0 Å². The molecule has 0 atom stereocenters. The van der Waals surface area contributed by atoms with Gasteiger partial charge in [-0.2, -0.15) is 0 Å². The van der Waals surface area contributed by atoms with Crippen LogP contribution in [0.4, 0.5) is 17.1 Å². The molecule has 0 N–H and O–H groups in total. The van der Waals surface area contributed by atoms with Crippen molar-refractivity contribution in [2.75, 3.05) is 4.90 Å². The first-order valence-corrected chi connectivity index (χ1v) is 20.2. The largest absolute Gasteiger partial charge is 0.310 e. The molecule has 0 saturated carbocycles. The van der Waals surface area contributed by atoms with Crippen LogP contribution in [0, 0.1) is 0 Å². The van der Waals surface area contributed by atoms with Gasteiger partial charge in [-0.15, -0.1) is 0 Å². The van der Waals surface area contributed by atoms with Gasteiger partial charge in [0.2, 0.25) is 0 Å². The Morgan fingerprint density at radius 3 is 1.57 bits per heavy atom. The van der Waals surface area contributed by atoms with Crippen molar-refractivity contribution in [2.45, 2.75) is 56.8 Å². The quantitative estimate of drug-likeness (QED) is 0.175. The predicted molar refractivity (Wildman–Crippen MR) is 236 cm³/mol. The molecule has 0 bridgehead atoms. The topological polar surface area (TPSA) is 3.24 Å². The molecule has 56 heavy (non-hydrogen) atoms. The Morgan fingerprint density at radius 1 is 0.375 bits per heavy atom. The van der Waals surface area contributed by atoms with Gasteiger partial charge in [-0.3, -0.25) is 0 Å². The second-order valence-corrected chi connectivity index (χ2v) is 17.5. The molecule has 11 rings (SSSR count). The third-order valence-electron chi connectivity index (χ3n) is 13.5. The van der Waals surface area contributed by atoms with Gasteiger partial charge in [-0.25, -0.2) is 0 Å². The molecule has 0 radical (unpaired) electrons. The van der Waals surface area contributed by atoms with Crippen LogP contribution in [0.1, 0.15) is 73.9 Å². The van der Waals surface area contributed by atoms with E-state index in [1.807, 2.05) is 0 Å². The summed E-state index contributed by atoms with van der Waals surface area (Å²) in [5.74, 6) is 0. The van der Waals surface area contributed by atoms with E-state index in [0.29, 0.717) is 0 Å². The van der Waals surface area contributed by atoms with Crippen LogP contribution in [-0.2, 0) is 16.2 Å². The highest BCUT2D eigenvalue weighted by atomic mass is 15.1. The van der Waals surface area contributed by atoms with Crippen LogP contribution < -0.4 is 4.90 Å². The molecule has 8 aromatic rings. The Labute approximate surface area is 330 Å². The summed E-state index contributed by atoms with van der Waals surface area (Å²) in [6, 6.07) is 66.3. The summed E-state index contributed by atoms with van der Waals surface area (Å²) >= 11 is 0. The maximum atomic E-state index is 2.50. The van der Waals surface area contributed by atoms with Crippen LogP contribution in [0.2, 0.25) is 0 Å². The second-order valence-electron chi connectivity index (χ2n) is 17.5. The predicted octanol–water partition coefficient (Wildman–Crippen LogP) is 14.7. The van der Waals surface area contributed by atoms with Gasteiger partial charge in [0.05, 0.1) is 11.1 Å². The summed E-state index contributed by atoms with van der Waals surface area (Å²) in [5.41, 5.74) is 19.6. The number of benzene rings is 8. The molecule has 0 fully saturated rings. The SMILES string of the molecule is CC1(C)CCC(C)(C)c2cc3cc(-c4cccc(N(c5ccccc5)c5cccc6c5-c5ccccc5C65c6ccccc6-c6ccccc65)c4)ccc3cc21. The molecule has 0 unspecified atom stereocenters. The number of anilines is 3. The molecule has 1 nitrogen and oxygen atoms in total. The van der Waals surface area contributed by atoms with Gasteiger partial charge in [0, 0.05) is 16.9 Å². The molecule has 270 valence electrons. The standard InChI is InChI=1S/C55H45N/c1-53(2)30-31-54(3,4)50-35-39-32-37(28-29-38(39)34-49(50)53)36-16-14-19-41(33-36)56(40-17-6-5-7-18-40)51-27-15-26-48-52(51)44-22-10-13-25-47(44)55(48)45-23-11-8-20-42(45)43-21-9-12-24-46(43)55/h5-29,32-35H,30-31H2,1-4H3. The number of hydrogen-bond acceptors (Lipinski definition) is 1. The fourth-order valence-corrected chi connectivity index (χ4v) is 10.6. The van der Waals surface area contributed by atoms with Gasteiger partial charge >= 0.3 is 0 Å². The highest BCUT2D eigenvalue weighted by Crippen LogP contribution is 2.64. The van der Waals surface area contributed by atoms with Crippen molar-refractivity contribution < 1.29 is 0 Å². The first kappa shape index (κ1) is 33.2. The zero-order chi connectivity index (χ0) is 37.8. The van der Waals surface area contributed by atoms with Gasteiger partial charge in [0.15, 0.2) is 0 Å². The first-order valence-electron chi connectivity index (χ1n) is 20.2. The second kappa shape index (κ2) is 11.9. The lowest BCUT2D eigenvalue weighted by molar-refractivity contribution is 0.332. The lowest BCUT2D eigenvalue weighted by atomic mass is 9.63. The Morgan fingerprint density at radius 2 is 0.893 bits per heavy atom. The molecule has 3 aliphatic carbocycles. The van der Waals surface area contributed by atoms with Gasteiger partial charge < -0.3 is 4.90 Å². The summed E-state index contributed by atoms with van der Waals surface area (Å²) in [6.45, 7) is 9.67. The lowest BCUT2D eigenvalue weighted by Gasteiger charge is -2.42. The van der Waals surface area contributed by atoms with E-state index in [1.165, 1.54) is 96.1 Å².